The topological polar surface area (TPSA) is 110 Å². The lowest BCUT2D eigenvalue weighted by molar-refractivity contribution is -0.133. The van der Waals surface area contributed by atoms with E-state index < -0.39 is 5.92 Å². The lowest BCUT2D eigenvalue weighted by Gasteiger charge is -2.38. The Kier molecular flexibility index (Phi) is 4.14. The van der Waals surface area contributed by atoms with Gasteiger partial charge in [0.2, 0.25) is 0 Å². The van der Waals surface area contributed by atoms with Gasteiger partial charge in [0.25, 0.3) is 5.92 Å². The average molecular weight is 435 g/mol. The molecule has 0 aliphatic carbocycles. The van der Waals surface area contributed by atoms with Gasteiger partial charge in [-0.2, -0.15) is 20.5 Å². The van der Waals surface area contributed by atoms with Crippen molar-refractivity contribution in [3.63, 3.8) is 0 Å². The zero-order valence-electron chi connectivity index (χ0n) is 16.9. The van der Waals surface area contributed by atoms with Crippen molar-refractivity contribution >= 4 is 21.8 Å². The summed E-state index contributed by atoms with van der Waals surface area (Å²) in [7, 11) is 0. The van der Waals surface area contributed by atoms with E-state index in [1.807, 2.05) is 42.5 Å². The van der Waals surface area contributed by atoms with Crippen LogP contribution in [0.1, 0.15) is 11.3 Å². The number of nitrogens with zero attached hydrogens (tertiary/aromatic N) is 4. The van der Waals surface area contributed by atoms with Gasteiger partial charge in [-0.25, -0.2) is 8.78 Å². The maximum atomic E-state index is 13.1. The van der Waals surface area contributed by atoms with Crippen LogP contribution in [0.3, 0.4) is 0 Å². The normalized spacial score (nSPS) is 16.1. The predicted molar refractivity (Wildman–Crippen MR) is 115 cm³/mol. The van der Waals surface area contributed by atoms with Crippen LogP contribution in [0.25, 0.3) is 44.5 Å². The van der Waals surface area contributed by atoms with E-state index in [1.165, 1.54) is 0 Å². The fraction of sp³-hybridized carbons (Fsp3) is 0.227. The number of halogens is 2. The van der Waals surface area contributed by atoms with E-state index in [2.05, 4.69) is 30.6 Å². The second-order valence-electron chi connectivity index (χ2n) is 8.22. The van der Waals surface area contributed by atoms with Gasteiger partial charge in [0, 0.05) is 28.4 Å². The zero-order valence-corrected chi connectivity index (χ0v) is 16.9. The van der Waals surface area contributed by atoms with Crippen LogP contribution in [-0.4, -0.2) is 59.6 Å². The van der Waals surface area contributed by atoms with Gasteiger partial charge >= 0.3 is 0 Å². The Morgan fingerprint density at radius 3 is 2.66 bits per heavy atom. The van der Waals surface area contributed by atoms with Crippen molar-refractivity contribution in [3.8, 4) is 22.6 Å². The Morgan fingerprint density at radius 1 is 0.969 bits per heavy atom. The van der Waals surface area contributed by atoms with Crippen molar-refractivity contribution in [2.75, 3.05) is 13.1 Å². The van der Waals surface area contributed by atoms with Crippen LogP contribution >= 0.6 is 0 Å². The van der Waals surface area contributed by atoms with E-state index in [9.17, 15) is 13.9 Å². The van der Waals surface area contributed by atoms with Crippen LogP contribution in [0.4, 0.5) is 8.78 Å². The summed E-state index contributed by atoms with van der Waals surface area (Å²) in [6.45, 7) is -0.0506. The van der Waals surface area contributed by atoms with E-state index >= 15 is 0 Å². The van der Waals surface area contributed by atoms with Gasteiger partial charge in [-0.15, -0.1) is 0 Å². The summed E-state index contributed by atoms with van der Waals surface area (Å²) >= 11 is 0. The Balaban J connectivity index is 1.31. The first-order valence-corrected chi connectivity index (χ1v) is 10.2. The first-order chi connectivity index (χ1) is 15.5. The number of hydrogen-bond acceptors (Lipinski definition) is 5. The highest BCUT2D eigenvalue weighted by molar-refractivity contribution is 5.97. The van der Waals surface area contributed by atoms with Gasteiger partial charge < -0.3 is 10.1 Å². The number of alkyl halides is 2. The standard InChI is InChI=1S/C22H19F2N7O/c23-22(24)10-31(11-22)8-12-1-4-16-14(5-12)7-18(25-16)21-15-3-2-13(6-17(15)26-28-21)20-19(9-32)27-30-29-20/h1-7,25,32H,8-11H2,(H,26,28)(H,27,29,30). The minimum Gasteiger partial charge on any atom is -0.390 e. The second kappa shape index (κ2) is 6.94. The molecule has 4 N–H and O–H groups in total. The third-order valence-corrected chi connectivity index (χ3v) is 5.86. The van der Waals surface area contributed by atoms with Crippen LogP contribution in [-0.2, 0) is 13.2 Å². The van der Waals surface area contributed by atoms with Crippen LogP contribution in [0.2, 0.25) is 0 Å². The highest BCUT2D eigenvalue weighted by atomic mass is 19.3. The molecule has 5 aromatic rings. The number of fused-ring (bicyclic) bond motifs is 2. The summed E-state index contributed by atoms with van der Waals surface area (Å²) in [5.41, 5.74) is 6.35. The summed E-state index contributed by atoms with van der Waals surface area (Å²) < 4.78 is 26.2. The number of H-pyrrole nitrogens is 3. The first kappa shape index (κ1) is 19.1. The summed E-state index contributed by atoms with van der Waals surface area (Å²) in [5, 5.41) is 29.5. The van der Waals surface area contributed by atoms with E-state index in [0.717, 1.165) is 44.3 Å². The molecule has 6 rings (SSSR count). The van der Waals surface area contributed by atoms with Gasteiger partial charge in [0.05, 0.1) is 30.9 Å². The van der Waals surface area contributed by atoms with Crippen LogP contribution < -0.4 is 0 Å². The molecule has 1 aliphatic rings. The number of nitrogens with one attached hydrogen (secondary N) is 3. The smallest absolute Gasteiger partial charge is 0.272 e. The minimum atomic E-state index is -2.56. The highest BCUT2D eigenvalue weighted by Gasteiger charge is 2.43. The molecule has 0 saturated carbocycles. The van der Waals surface area contributed by atoms with Gasteiger partial charge in [-0.3, -0.25) is 10.00 Å². The van der Waals surface area contributed by atoms with Crippen molar-refractivity contribution in [1.82, 2.24) is 35.5 Å². The fourth-order valence-corrected chi connectivity index (χ4v) is 4.35. The molecule has 1 saturated heterocycles. The maximum Gasteiger partial charge on any atom is 0.272 e. The van der Waals surface area contributed by atoms with Gasteiger partial charge in [-0.1, -0.05) is 12.1 Å². The third kappa shape index (κ3) is 3.15. The molecule has 162 valence electrons. The van der Waals surface area contributed by atoms with Crippen molar-refractivity contribution in [1.29, 1.82) is 0 Å². The lowest BCUT2D eigenvalue weighted by atomic mass is 10.1. The third-order valence-electron chi connectivity index (χ3n) is 5.86. The fourth-order valence-electron chi connectivity index (χ4n) is 4.35. The van der Waals surface area contributed by atoms with Gasteiger partial charge in [0.1, 0.15) is 17.1 Å². The maximum absolute atomic E-state index is 13.1. The summed E-state index contributed by atoms with van der Waals surface area (Å²) in [6, 6.07) is 13.8. The van der Waals surface area contributed by atoms with Crippen molar-refractivity contribution in [2.45, 2.75) is 19.1 Å². The molecule has 1 aliphatic heterocycles. The highest BCUT2D eigenvalue weighted by Crippen LogP contribution is 2.32. The average Bonchev–Trinajstić information content (AvgIpc) is 3.48. The number of hydrogen-bond donors (Lipinski definition) is 4. The minimum absolute atomic E-state index is 0.182. The number of aliphatic hydroxyl groups excluding tert-OH is 1. The zero-order chi connectivity index (χ0) is 21.9. The van der Waals surface area contributed by atoms with Crippen molar-refractivity contribution in [3.05, 3.63) is 53.7 Å². The largest absolute Gasteiger partial charge is 0.390 e. The van der Waals surface area contributed by atoms with Gasteiger partial charge in [0.15, 0.2) is 0 Å². The van der Waals surface area contributed by atoms with Crippen LogP contribution in [0, 0.1) is 0 Å². The summed E-state index contributed by atoms with van der Waals surface area (Å²) in [5.74, 6) is -2.56. The monoisotopic (exact) mass is 435 g/mol. The number of aliphatic hydroxyl groups is 1. The number of benzene rings is 2. The molecule has 0 spiro atoms. The molecule has 0 unspecified atom stereocenters. The number of rotatable bonds is 5. The second-order valence-corrected chi connectivity index (χ2v) is 8.22. The summed E-state index contributed by atoms with van der Waals surface area (Å²) in [6.07, 6.45) is 0. The molecule has 1 fully saturated rings. The molecular weight excluding hydrogens is 416 g/mol. The molecule has 0 amide bonds. The van der Waals surface area contributed by atoms with E-state index in [1.54, 1.807) is 4.90 Å². The first-order valence-electron chi connectivity index (χ1n) is 10.2. The molecule has 8 nitrogen and oxygen atoms in total. The molecule has 32 heavy (non-hydrogen) atoms. The molecule has 10 heteroatoms. The Bertz CT molecular complexity index is 1440. The summed E-state index contributed by atoms with van der Waals surface area (Å²) in [4.78, 5) is 5.14. The SMILES string of the molecule is OCc1n[nH]nc1-c1ccc2c(-c3cc4cc(CN5CC(F)(F)C5)ccc4[nH]3)n[nH]c2c1. The van der Waals surface area contributed by atoms with Crippen LogP contribution in [0.15, 0.2) is 42.5 Å². The van der Waals surface area contributed by atoms with Crippen LogP contribution in [0.5, 0.6) is 0 Å². The quantitative estimate of drug-likeness (QED) is 0.338. The number of likely N-dealkylation sites (tertiary alicyclic amines) is 1. The number of aromatic amines is 3. The molecule has 4 heterocycles. The Morgan fingerprint density at radius 2 is 1.84 bits per heavy atom. The molecule has 3 aromatic heterocycles. The molecule has 2 aromatic carbocycles. The molecular formula is C22H19F2N7O. The lowest BCUT2D eigenvalue weighted by Crippen LogP contribution is -2.55. The predicted octanol–water partition coefficient (Wildman–Crippen LogP) is 3.44. The Labute approximate surface area is 180 Å². The van der Waals surface area contributed by atoms with E-state index in [4.69, 9.17) is 0 Å². The molecule has 0 bridgehead atoms. The van der Waals surface area contributed by atoms with E-state index in [0.29, 0.717) is 17.9 Å². The number of aromatic nitrogens is 6. The van der Waals surface area contributed by atoms with E-state index in [-0.39, 0.29) is 19.7 Å². The van der Waals surface area contributed by atoms with Crippen molar-refractivity contribution < 1.29 is 13.9 Å². The van der Waals surface area contributed by atoms with Crippen molar-refractivity contribution in [2.24, 2.45) is 0 Å². The van der Waals surface area contributed by atoms with Gasteiger partial charge in [-0.05, 0) is 35.9 Å². The Hall–Kier alpha value is -3.63. The molecule has 0 atom stereocenters. The molecule has 0 radical (unpaired) electrons.